The molecule has 0 spiro atoms. The second-order valence-corrected chi connectivity index (χ2v) is 4.32. The van der Waals surface area contributed by atoms with Gasteiger partial charge in [-0.15, -0.1) is 10.2 Å². The largest absolute Gasteiger partial charge is 0.497 e. The Morgan fingerprint density at radius 1 is 1.26 bits per heavy atom. The molecule has 0 saturated carbocycles. The molecule has 0 unspecified atom stereocenters. The maximum atomic E-state index is 5.62. The Bertz CT molecular complexity index is 511. The third-order valence-electron chi connectivity index (χ3n) is 2.82. The van der Waals surface area contributed by atoms with Gasteiger partial charge >= 0.3 is 0 Å². The van der Waals surface area contributed by atoms with Crippen molar-refractivity contribution in [2.24, 2.45) is 0 Å². The van der Waals surface area contributed by atoms with Gasteiger partial charge in [0.1, 0.15) is 5.75 Å². The standard InChI is InChI=1S/C14H19N3O2/c1-15-8-4-7-13-16-17-14(19-13)10-11-5-3-6-12(9-11)18-2/h3,5-6,9,15H,4,7-8,10H2,1-2H3. The fraction of sp³-hybridized carbons (Fsp3) is 0.429. The Balaban J connectivity index is 1.95. The van der Waals surface area contributed by atoms with Crippen molar-refractivity contribution in [1.82, 2.24) is 15.5 Å². The molecular formula is C14H19N3O2. The molecule has 0 fully saturated rings. The zero-order valence-corrected chi connectivity index (χ0v) is 11.3. The van der Waals surface area contributed by atoms with E-state index in [1.807, 2.05) is 31.3 Å². The van der Waals surface area contributed by atoms with Gasteiger partial charge in [0.2, 0.25) is 11.8 Å². The predicted molar refractivity (Wildman–Crippen MR) is 72.3 cm³/mol. The van der Waals surface area contributed by atoms with Crippen molar-refractivity contribution >= 4 is 0 Å². The Kier molecular flexibility index (Phi) is 4.92. The van der Waals surface area contributed by atoms with E-state index < -0.39 is 0 Å². The Hall–Kier alpha value is -1.88. The molecule has 19 heavy (non-hydrogen) atoms. The van der Waals surface area contributed by atoms with Crippen molar-refractivity contribution in [3.05, 3.63) is 41.6 Å². The van der Waals surface area contributed by atoms with Crippen molar-refractivity contribution in [3.8, 4) is 5.75 Å². The van der Waals surface area contributed by atoms with Crippen molar-refractivity contribution in [1.29, 1.82) is 0 Å². The summed E-state index contributed by atoms with van der Waals surface area (Å²) in [6, 6.07) is 7.87. The molecule has 0 aliphatic carbocycles. The summed E-state index contributed by atoms with van der Waals surface area (Å²) in [5, 5.41) is 11.2. The molecule has 1 aromatic carbocycles. The number of aromatic nitrogens is 2. The van der Waals surface area contributed by atoms with Crippen molar-refractivity contribution in [2.45, 2.75) is 19.3 Å². The highest BCUT2D eigenvalue weighted by molar-refractivity contribution is 5.29. The fourth-order valence-corrected chi connectivity index (χ4v) is 1.83. The van der Waals surface area contributed by atoms with E-state index in [0.29, 0.717) is 18.2 Å². The van der Waals surface area contributed by atoms with Crippen molar-refractivity contribution in [3.63, 3.8) is 0 Å². The predicted octanol–water partition coefficient (Wildman–Crippen LogP) is 1.82. The van der Waals surface area contributed by atoms with Gasteiger partial charge in [0.05, 0.1) is 13.5 Å². The first-order valence-corrected chi connectivity index (χ1v) is 6.40. The van der Waals surface area contributed by atoms with Crippen molar-refractivity contribution < 1.29 is 9.15 Å². The summed E-state index contributed by atoms with van der Waals surface area (Å²) in [7, 11) is 3.59. The highest BCUT2D eigenvalue weighted by Crippen LogP contribution is 2.15. The van der Waals surface area contributed by atoms with Crippen LogP contribution < -0.4 is 10.1 Å². The van der Waals surface area contributed by atoms with Gasteiger partial charge in [0.15, 0.2) is 0 Å². The molecule has 0 atom stereocenters. The fourth-order valence-electron chi connectivity index (χ4n) is 1.83. The van der Waals surface area contributed by atoms with Gasteiger partial charge in [-0.3, -0.25) is 0 Å². The van der Waals surface area contributed by atoms with Gasteiger partial charge in [-0.1, -0.05) is 12.1 Å². The molecule has 0 radical (unpaired) electrons. The molecule has 0 aliphatic heterocycles. The van der Waals surface area contributed by atoms with Crippen LogP contribution in [0.4, 0.5) is 0 Å². The lowest BCUT2D eigenvalue weighted by molar-refractivity contribution is 0.414. The number of nitrogens with one attached hydrogen (secondary N) is 1. The average molecular weight is 261 g/mol. The van der Waals surface area contributed by atoms with Gasteiger partial charge in [-0.25, -0.2) is 0 Å². The maximum Gasteiger partial charge on any atom is 0.220 e. The smallest absolute Gasteiger partial charge is 0.220 e. The molecule has 1 heterocycles. The van der Waals surface area contributed by atoms with Crippen molar-refractivity contribution in [2.75, 3.05) is 20.7 Å². The van der Waals surface area contributed by atoms with Gasteiger partial charge in [0.25, 0.3) is 0 Å². The van der Waals surface area contributed by atoms with Crippen LogP contribution in [0.2, 0.25) is 0 Å². The van der Waals surface area contributed by atoms with E-state index >= 15 is 0 Å². The summed E-state index contributed by atoms with van der Waals surface area (Å²) in [6.45, 7) is 0.952. The first-order valence-electron chi connectivity index (χ1n) is 6.40. The Labute approximate surface area is 113 Å². The van der Waals surface area contributed by atoms with E-state index in [9.17, 15) is 0 Å². The number of ether oxygens (including phenoxy) is 1. The lowest BCUT2D eigenvalue weighted by Crippen LogP contribution is -2.08. The summed E-state index contributed by atoms with van der Waals surface area (Å²) in [5.74, 6) is 2.19. The first kappa shape index (κ1) is 13.5. The van der Waals surface area contributed by atoms with Gasteiger partial charge in [-0.05, 0) is 37.7 Å². The number of benzene rings is 1. The van der Waals surface area contributed by atoms with Crippen LogP contribution in [0.5, 0.6) is 5.75 Å². The summed E-state index contributed by atoms with van der Waals surface area (Å²) < 4.78 is 10.8. The van der Waals surface area contributed by atoms with Crippen LogP contribution in [-0.2, 0) is 12.8 Å². The minimum atomic E-state index is 0.635. The zero-order chi connectivity index (χ0) is 13.5. The molecule has 5 heteroatoms. The lowest BCUT2D eigenvalue weighted by Gasteiger charge is -2.01. The molecule has 2 rings (SSSR count). The maximum absolute atomic E-state index is 5.62. The molecule has 0 amide bonds. The van der Waals surface area contributed by atoms with E-state index in [-0.39, 0.29) is 0 Å². The van der Waals surface area contributed by atoms with Crippen LogP contribution >= 0.6 is 0 Å². The highest BCUT2D eigenvalue weighted by Gasteiger charge is 2.07. The number of methoxy groups -OCH3 is 1. The quantitative estimate of drug-likeness (QED) is 0.770. The van der Waals surface area contributed by atoms with Crippen LogP contribution in [0.3, 0.4) is 0 Å². The minimum Gasteiger partial charge on any atom is -0.497 e. The number of aryl methyl sites for hydroxylation is 1. The molecule has 102 valence electrons. The Morgan fingerprint density at radius 2 is 2.11 bits per heavy atom. The summed E-state index contributed by atoms with van der Waals surface area (Å²) in [6.07, 6.45) is 2.44. The molecule has 2 aromatic rings. The number of rotatable bonds is 7. The van der Waals surface area contributed by atoms with Crippen LogP contribution in [-0.4, -0.2) is 30.9 Å². The van der Waals surface area contributed by atoms with E-state index in [1.54, 1.807) is 7.11 Å². The molecule has 5 nitrogen and oxygen atoms in total. The van der Waals surface area contributed by atoms with E-state index in [2.05, 4.69) is 15.5 Å². The molecular weight excluding hydrogens is 242 g/mol. The zero-order valence-electron chi connectivity index (χ0n) is 11.3. The average Bonchev–Trinajstić information content (AvgIpc) is 2.87. The monoisotopic (exact) mass is 261 g/mol. The minimum absolute atomic E-state index is 0.635. The second kappa shape index (κ2) is 6.89. The summed E-state index contributed by atoms with van der Waals surface area (Å²) >= 11 is 0. The number of hydrogen-bond donors (Lipinski definition) is 1. The lowest BCUT2D eigenvalue weighted by atomic mass is 10.1. The van der Waals surface area contributed by atoms with Gasteiger partial charge in [-0.2, -0.15) is 0 Å². The summed E-state index contributed by atoms with van der Waals surface area (Å²) in [4.78, 5) is 0. The van der Waals surface area contributed by atoms with Crippen LogP contribution in [0.15, 0.2) is 28.7 Å². The topological polar surface area (TPSA) is 60.2 Å². The second-order valence-electron chi connectivity index (χ2n) is 4.32. The van der Waals surface area contributed by atoms with Crippen LogP contribution in [0.25, 0.3) is 0 Å². The van der Waals surface area contributed by atoms with Crippen LogP contribution in [0.1, 0.15) is 23.8 Å². The first-order chi connectivity index (χ1) is 9.31. The third kappa shape index (κ3) is 4.06. The molecule has 1 N–H and O–H groups in total. The number of hydrogen-bond acceptors (Lipinski definition) is 5. The molecule has 0 saturated heterocycles. The van der Waals surface area contributed by atoms with Gasteiger partial charge in [0, 0.05) is 6.42 Å². The molecule has 0 bridgehead atoms. The number of nitrogens with zero attached hydrogens (tertiary/aromatic N) is 2. The third-order valence-corrected chi connectivity index (χ3v) is 2.82. The van der Waals surface area contributed by atoms with Gasteiger partial charge < -0.3 is 14.5 Å². The van der Waals surface area contributed by atoms with E-state index in [4.69, 9.17) is 9.15 Å². The van der Waals surface area contributed by atoms with E-state index in [0.717, 1.165) is 30.7 Å². The SMILES string of the molecule is CNCCCc1nnc(Cc2cccc(OC)c2)o1. The summed E-state index contributed by atoms with van der Waals surface area (Å²) in [5.41, 5.74) is 1.10. The molecule has 0 aliphatic rings. The normalized spacial score (nSPS) is 10.6. The highest BCUT2D eigenvalue weighted by atomic mass is 16.5. The van der Waals surface area contributed by atoms with Crippen LogP contribution in [0, 0.1) is 0 Å². The Morgan fingerprint density at radius 3 is 2.89 bits per heavy atom. The molecule has 1 aromatic heterocycles. The van der Waals surface area contributed by atoms with E-state index in [1.165, 1.54) is 0 Å².